The molecular formula is C16H16N8O. The van der Waals surface area contributed by atoms with Crippen LogP contribution in [0.25, 0.3) is 11.0 Å². The van der Waals surface area contributed by atoms with E-state index in [1.54, 1.807) is 25.4 Å². The first-order chi connectivity index (χ1) is 12.0. The van der Waals surface area contributed by atoms with E-state index in [9.17, 15) is 0 Å². The van der Waals surface area contributed by atoms with Gasteiger partial charge in [0.15, 0.2) is 0 Å². The molecule has 0 saturated carbocycles. The Kier molecular flexibility index (Phi) is 4.23. The van der Waals surface area contributed by atoms with Crippen molar-refractivity contribution in [3.8, 4) is 18.0 Å². The van der Waals surface area contributed by atoms with E-state index in [-0.39, 0.29) is 6.10 Å². The molecule has 0 aliphatic heterocycles. The van der Waals surface area contributed by atoms with Gasteiger partial charge in [0.2, 0.25) is 5.95 Å². The highest BCUT2D eigenvalue weighted by Crippen LogP contribution is 2.28. The molecule has 9 nitrogen and oxygen atoms in total. The smallest absolute Gasteiger partial charge is 0.257 e. The third kappa shape index (κ3) is 3.35. The predicted octanol–water partition coefficient (Wildman–Crippen LogP) is 2.64. The van der Waals surface area contributed by atoms with Gasteiger partial charge < -0.3 is 15.0 Å². The van der Waals surface area contributed by atoms with E-state index in [0.717, 1.165) is 5.39 Å². The first-order valence-electron chi connectivity index (χ1n) is 7.68. The van der Waals surface area contributed by atoms with Gasteiger partial charge in [-0.3, -0.25) is 0 Å². The summed E-state index contributed by atoms with van der Waals surface area (Å²) in [4.78, 5) is 11.5. The third-order valence-corrected chi connectivity index (χ3v) is 3.37. The lowest BCUT2D eigenvalue weighted by molar-refractivity contribution is 0.230. The Morgan fingerprint density at radius 2 is 2.12 bits per heavy atom. The number of H-pyrrole nitrogens is 1. The highest BCUT2D eigenvalue weighted by molar-refractivity contribution is 5.78. The van der Waals surface area contributed by atoms with Crippen LogP contribution in [0.1, 0.15) is 32.5 Å². The van der Waals surface area contributed by atoms with E-state index in [2.05, 4.69) is 31.4 Å². The van der Waals surface area contributed by atoms with Crippen LogP contribution in [0.4, 0.5) is 11.6 Å². The second-order valence-corrected chi connectivity index (χ2v) is 5.72. The maximum absolute atomic E-state index is 9.08. The van der Waals surface area contributed by atoms with Crippen LogP contribution >= 0.6 is 0 Å². The van der Waals surface area contributed by atoms with Gasteiger partial charge in [-0.15, -0.1) is 5.10 Å². The van der Waals surface area contributed by atoms with E-state index >= 15 is 0 Å². The van der Waals surface area contributed by atoms with Gasteiger partial charge in [-0.2, -0.15) is 15.5 Å². The van der Waals surface area contributed by atoms with E-state index in [4.69, 9.17) is 15.3 Å². The van der Waals surface area contributed by atoms with E-state index < -0.39 is 6.04 Å². The van der Waals surface area contributed by atoms with E-state index in [1.807, 2.05) is 19.9 Å². The number of hydrogen-bond donors (Lipinski definition) is 2. The molecule has 126 valence electrons. The molecule has 0 radical (unpaired) electrons. The Morgan fingerprint density at radius 1 is 1.32 bits per heavy atom. The van der Waals surface area contributed by atoms with Crippen molar-refractivity contribution < 1.29 is 4.74 Å². The fraction of sp³-hybridized carbons (Fsp3) is 0.312. The zero-order valence-corrected chi connectivity index (χ0v) is 14.0. The van der Waals surface area contributed by atoms with Gasteiger partial charge in [-0.1, -0.05) is 0 Å². The van der Waals surface area contributed by atoms with Crippen LogP contribution in [-0.4, -0.2) is 30.8 Å². The molecule has 0 fully saturated rings. The molecule has 3 aromatic rings. The summed E-state index contributed by atoms with van der Waals surface area (Å²) >= 11 is 0. The molecule has 1 unspecified atom stereocenters. The summed E-state index contributed by atoms with van der Waals surface area (Å²) in [7, 11) is 0. The lowest BCUT2D eigenvalue weighted by Crippen LogP contribution is -2.09. The second-order valence-electron chi connectivity index (χ2n) is 5.72. The zero-order chi connectivity index (χ0) is 18.0. The average molecular weight is 336 g/mol. The van der Waals surface area contributed by atoms with Crippen molar-refractivity contribution in [1.29, 1.82) is 10.5 Å². The molecule has 9 heteroatoms. The summed E-state index contributed by atoms with van der Waals surface area (Å²) < 4.78 is 7.21. The van der Waals surface area contributed by atoms with Crippen LogP contribution in [0.5, 0.6) is 5.88 Å². The first-order valence-corrected chi connectivity index (χ1v) is 7.68. The van der Waals surface area contributed by atoms with Crippen LogP contribution in [-0.2, 0) is 0 Å². The number of nitrogens with one attached hydrogen (secondary N) is 2. The zero-order valence-electron chi connectivity index (χ0n) is 14.0. The molecule has 3 rings (SSSR count). The number of nitrogens with zero attached hydrogens (tertiary/aromatic N) is 6. The molecule has 0 spiro atoms. The summed E-state index contributed by atoms with van der Waals surface area (Å²) in [5.41, 5.74) is 1.53. The molecule has 3 aromatic heterocycles. The topological polar surface area (TPSA) is 128 Å². The number of rotatable bonds is 5. The Bertz CT molecular complexity index is 988. The van der Waals surface area contributed by atoms with Gasteiger partial charge in [-0.05, 0) is 26.8 Å². The van der Waals surface area contributed by atoms with Gasteiger partial charge in [0.05, 0.1) is 18.4 Å². The Hall–Kier alpha value is -3.59. The Labute approximate surface area is 143 Å². The number of nitriles is 2. The fourth-order valence-electron chi connectivity index (χ4n) is 2.19. The van der Waals surface area contributed by atoms with Crippen molar-refractivity contribution in [1.82, 2.24) is 24.7 Å². The minimum atomic E-state index is -0.435. The van der Waals surface area contributed by atoms with E-state index in [0.29, 0.717) is 28.9 Å². The maximum Gasteiger partial charge on any atom is 0.257 e. The molecule has 2 N–H and O–H groups in total. The van der Waals surface area contributed by atoms with Crippen LogP contribution in [0.2, 0.25) is 0 Å². The van der Waals surface area contributed by atoms with Crippen LogP contribution in [0.3, 0.4) is 0 Å². The minimum Gasteiger partial charge on any atom is -0.472 e. The van der Waals surface area contributed by atoms with Crippen molar-refractivity contribution in [3.63, 3.8) is 0 Å². The Balaban J connectivity index is 1.94. The van der Waals surface area contributed by atoms with Gasteiger partial charge in [0.1, 0.15) is 29.1 Å². The SMILES string of the molecule is CC(C)Oc1nn(C(C)C#N)cc1Nc1ncc2cc(C#N)[nH]c2n1. The van der Waals surface area contributed by atoms with Gasteiger partial charge >= 0.3 is 0 Å². The maximum atomic E-state index is 9.08. The number of fused-ring (bicyclic) bond motifs is 1. The summed E-state index contributed by atoms with van der Waals surface area (Å²) in [5, 5.41) is 26.1. The highest BCUT2D eigenvalue weighted by atomic mass is 16.5. The molecule has 0 aliphatic rings. The summed E-state index contributed by atoms with van der Waals surface area (Å²) in [6.45, 7) is 5.52. The molecule has 0 aromatic carbocycles. The normalized spacial score (nSPS) is 11.9. The quantitative estimate of drug-likeness (QED) is 0.732. The van der Waals surface area contributed by atoms with Gasteiger partial charge in [0, 0.05) is 11.6 Å². The number of aromatic amines is 1. The van der Waals surface area contributed by atoms with Crippen molar-refractivity contribution in [2.24, 2.45) is 0 Å². The highest BCUT2D eigenvalue weighted by Gasteiger charge is 2.16. The first kappa shape index (κ1) is 16.3. The lowest BCUT2D eigenvalue weighted by atomic mass is 10.4. The van der Waals surface area contributed by atoms with E-state index in [1.165, 1.54) is 4.68 Å². The number of aromatic nitrogens is 5. The molecule has 1 atom stereocenters. The van der Waals surface area contributed by atoms with Crippen LogP contribution < -0.4 is 10.1 Å². The van der Waals surface area contributed by atoms with Gasteiger partial charge in [-0.25, -0.2) is 9.67 Å². The monoisotopic (exact) mass is 336 g/mol. The molecule has 0 bridgehead atoms. The molecule has 25 heavy (non-hydrogen) atoms. The van der Waals surface area contributed by atoms with Crippen molar-refractivity contribution >= 4 is 22.7 Å². The minimum absolute atomic E-state index is 0.0775. The van der Waals surface area contributed by atoms with Crippen LogP contribution in [0, 0.1) is 22.7 Å². The number of anilines is 2. The number of ether oxygens (including phenoxy) is 1. The predicted molar refractivity (Wildman–Crippen MR) is 90.2 cm³/mol. The summed E-state index contributed by atoms with van der Waals surface area (Å²) in [6, 6.07) is 5.40. The Morgan fingerprint density at radius 3 is 2.80 bits per heavy atom. The third-order valence-electron chi connectivity index (χ3n) is 3.37. The molecule has 0 amide bonds. The number of hydrogen-bond acceptors (Lipinski definition) is 7. The molecular weight excluding hydrogens is 320 g/mol. The summed E-state index contributed by atoms with van der Waals surface area (Å²) in [6.07, 6.45) is 3.22. The van der Waals surface area contributed by atoms with Crippen molar-refractivity contribution in [3.05, 3.63) is 24.2 Å². The standard InChI is InChI=1S/C16H16N8O/c1-9(2)25-15-13(8-24(23-15)10(3)5-17)21-16-19-7-11-4-12(6-18)20-14(11)22-16/h4,7-10H,1-3H3,(H2,19,20,21,22). The molecule has 3 heterocycles. The second kappa shape index (κ2) is 6.49. The van der Waals surface area contributed by atoms with Gasteiger partial charge in [0.25, 0.3) is 5.88 Å². The fourth-order valence-corrected chi connectivity index (χ4v) is 2.19. The van der Waals surface area contributed by atoms with Crippen molar-refractivity contribution in [2.45, 2.75) is 32.9 Å². The molecule has 0 aliphatic carbocycles. The summed E-state index contributed by atoms with van der Waals surface area (Å²) in [5.74, 6) is 0.696. The lowest BCUT2D eigenvalue weighted by Gasteiger charge is -2.09. The molecule has 0 saturated heterocycles. The average Bonchev–Trinajstić information content (AvgIpc) is 3.17. The van der Waals surface area contributed by atoms with Crippen LogP contribution in [0.15, 0.2) is 18.5 Å². The van der Waals surface area contributed by atoms with Crippen molar-refractivity contribution in [2.75, 3.05) is 5.32 Å². The largest absolute Gasteiger partial charge is 0.472 e.